The molecule has 4 nitrogen and oxygen atoms in total. The summed E-state index contributed by atoms with van der Waals surface area (Å²) in [4.78, 5) is 27.7. The van der Waals surface area contributed by atoms with Crippen LogP contribution in [0.3, 0.4) is 0 Å². The lowest BCUT2D eigenvalue weighted by Crippen LogP contribution is -2.61. The summed E-state index contributed by atoms with van der Waals surface area (Å²) in [7, 11) is 1.92. The van der Waals surface area contributed by atoms with E-state index in [0.717, 1.165) is 31.1 Å². The standard InChI is InChI=1S/C24H38N2O2/c1-5-6-14-25-21(27)17-15-24(3)19-11-13-23(2)12-7-8-18(23)16(19)9-10-20(24)26(4)22(17)28/h15-16,18-20H,5-14H2,1-4H3,(H,25,27)/t16-,18-,19+,20?,23-,24+/m0/s1. The van der Waals surface area contributed by atoms with Crippen LogP contribution in [0.4, 0.5) is 0 Å². The molecule has 156 valence electrons. The molecule has 0 aromatic heterocycles. The Morgan fingerprint density at radius 2 is 1.96 bits per heavy atom. The van der Waals surface area contributed by atoms with E-state index in [1.165, 1.54) is 38.5 Å². The van der Waals surface area contributed by atoms with Gasteiger partial charge in [0.25, 0.3) is 11.8 Å². The summed E-state index contributed by atoms with van der Waals surface area (Å²) in [5.74, 6) is 1.92. The zero-order valence-electron chi connectivity index (χ0n) is 18.2. The Bertz CT molecular complexity index is 686. The first-order valence-corrected chi connectivity index (χ1v) is 11.6. The van der Waals surface area contributed by atoms with Gasteiger partial charge in [-0.3, -0.25) is 9.59 Å². The molecule has 28 heavy (non-hydrogen) atoms. The summed E-state index contributed by atoms with van der Waals surface area (Å²) in [6.45, 7) is 7.62. The minimum absolute atomic E-state index is 0.0765. The number of nitrogens with one attached hydrogen (secondary N) is 1. The number of carbonyl (C=O) groups is 2. The molecule has 3 fully saturated rings. The van der Waals surface area contributed by atoms with Crippen molar-refractivity contribution < 1.29 is 9.59 Å². The third-order valence-corrected chi connectivity index (χ3v) is 9.04. The van der Waals surface area contributed by atoms with Gasteiger partial charge in [-0.2, -0.15) is 0 Å². The summed E-state index contributed by atoms with van der Waals surface area (Å²) in [5.41, 5.74) is 0.843. The van der Waals surface area contributed by atoms with Gasteiger partial charge in [0, 0.05) is 25.0 Å². The monoisotopic (exact) mass is 386 g/mol. The number of amides is 2. The van der Waals surface area contributed by atoms with Crippen LogP contribution in [0.2, 0.25) is 0 Å². The molecule has 0 aromatic carbocycles. The van der Waals surface area contributed by atoms with Crippen LogP contribution >= 0.6 is 0 Å². The highest BCUT2D eigenvalue weighted by Crippen LogP contribution is 2.64. The highest BCUT2D eigenvalue weighted by atomic mass is 16.2. The lowest BCUT2D eigenvalue weighted by molar-refractivity contribution is -0.141. The van der Waals surface area contributed by atoms with E-state index in [4.69, 9.17) is 0 Å². The van der Waals surface area contributed by atoms with Gasteiger partial charge in [0.05, 0.1) is 0 Å². The molecule has 1 unspecified atom stereocenters. The van der Waals surface area contributed by atoms with Crippen molar-refractivity contribution in [1.82, 2.24) is 10.2 Å². The number of rotatable bonds is 4. The Balaban J connectivity index is 1.65. The van der Waals surface area contributed by atoms with E-state index < -0.39 is 0 Å². The summed E-state index contributed by atoms with van der Waals surface area (Å²) >= 11 is 0. The molecule has 0 radical (unpaired) electrons. The normalized spacial score (nSPS) is 42.4. The summed E-state index contributed by atoms with van der Waals surface area (Å²) in [6, 6.07) is 0.235. The predicted octanol–water partition coefficient (Wildman–Crippen LogP) is 4.30. The van der Waals surface area contributed by atoms with Gasteiger partial charge < -0.3 is 10.2 Å². The number of hydrogen-bond donors (Lipinski definition) is 1. The Hall–Kier alpha value is -1.32. The maximum Gasteiger partial charge on any atom is 0.259 e. The second-order valence-corrected chi connectivity index (χ2v) is 10.5. The highest BCUT2D eigenvalue weighted by Gasteiger charge is 2.59. The number of carbonyl (C=O) groups excluding carboxylic acids is 2. The first-order chi connectivity index (χ1) is 13.3. The van der Waals surface area contributed by atoms with Crippen molar-refractivity contribution in [2.45, 2.75) is 84.6 Å². The van der Waals surface area contributed by atoms with Gasteiger partial charge in [0.15, 0.2) is 0 Å². The van der Waals surface area contributed by atoms with Crippen molar-refractivity contribution in [2.24, 2.45) is 28.6 Å². The largest absolute Gasteiger partial charge is 0.352 e. The fourth-order valence-electron chi connectivity index (χ4n) is 7.52. The van der Waals surface area contributed by atoms with Crippen LogP contribution in [0.15, 0.2) is 11.6 Å². The first-order valence-electron chi connectivity index (χ1n) is 11.6. The van der Waals surface area contributed by atoms with Crippen LogP contribution in [0, 0.1) is 28.6 Å². The molecule has 0 saturated heterocycles. The summed E-state index contributed by atoms with van der Waals surface area (Å²) in [6.07, 6.45) is 13.1. The van der Waals surface area contributed by atoms with Crippen molar-refractivity contribution in [2.75, 3.05) is 13.6 Å². The van der Waals surface area contributed by atoms with E-state index in [9.17, 15) is 9.59 Å². The number of unbranched alkanes of at least 4 members (excludes halogenated alkanes) is 1. The molecule has 1 aliphatic heterocycles. The van der Waals surface area contributed by atoms with Crippen LogP contribution < -0.4 is 5.32 Å². The molecule has 4 heteroatoms. The Labute approximate surface area is 170 Å². The topological polar surface area (TPSA) is 49.4 Å². The number of hydrogen-bond acceptors (Lipinski definition) is 2. The van der Waals surface area contributed by atoms with Gasteiger partial charge in [-0.05, 0) is 68.1 Å². The van der Waals surface area contributed by atoms with Crippen LogP contribution in [0.1, 0.15) is 78.6 Å². The third kappa shape index (κ3) is 2.93. The molecular weight excluding hydrogens is 348 g/mol. The van der Waals surface area contributed by atoms with Gasteiger partial charge >= 0.3 is 0 Å². The molecular formula is C24H38N2O2. The predicted molar refractivity (Wildman–Crippen MR) is 112 cm³/mol. The first kappa shape index (κ1) is 20.0. The molecule has 6 atom stereocenters. The van der Waals surface area contributed by atoms with Crippen LogP contribution in [-0.4, -0.2) is 36.3 Å². The third-order valence-electron chi connectivity index (χ3n) is 9.04. The van der Waals surface area contributed by atoms with E-state index >= 15 is 0 Å². The van der Waals surface area contributed by atoms with Crippen molar-refractivity contribution in [3.05, 3.63) is 11.6 Å². The molecule has 4 rings (SSSR count). The van der Waals surface area contributed by atoms with Crippen molar-refractivity contribution >= 4 is 11.8 Å². The Morgan fingerprint density at radius 3 is 2.71 bits per heavy atom. The molecule has 4 aliphatic rings. The number of nitrogens with zero attached hydrogens (tertiary/aromatic N) is 1. The molecule has 0 spiro atoms. The van der Waals surface area contributed by atoms with Gasteiger partial charge in [-0.25, -0.2) is 0 Å². The summed E-state index contributed by atoms with van der Waals surface area (Å²) < 4.78 is 0. The van der Waals surface area contributed by atoms with Crippen LogP contribution in [0.25, 0.3) is 0 Å². The van der Waals surface area contributed by atoms with E-state index in [2.05, 4.69) is 32.2 Å². The van der Waals surface area contributed by atoms with E-state index in [0.29, 0.717) is 23.5 Å². The van der Waals surface area contributed by atoms with Crippen LogP contribution in [-0.2, 0) is 9.59 Å². The zero-order valence-corrected chi connectivity index (χ0v) is 18.2. The zero-order chi connectivity index (χ0) is 20.1. The lowest BCUT2D eigenvalue weighted by Gasteiger charge is -2.60. The molecule has 2 amide bonds. The summed E-state index contributed by atoms with van der Waals surface area (Å²) in [5, 5.41) is 2.98. The minimum Gasteiger partial charge on any atom is -0.352 e. The fourth-order valence-corrected chi connectivity index (χ4v) is 7.52. The molecule has 0 aromatic rings. The fraction of sp³-hybridized carbons (Fsp3) is 0.833. The highest BCUT2D eigenvalue weighted by molar-refractivity contribution is 6.19. The van der Waals surface area contributed by atoms with Gasteiger partial charge in [0.1, 0.15) is 5.57 Å². The second kappa shape index (κ2) is 7.18. The average Bonchev–Trinajstić information content (AvgIpc) is 3.06. The number of fused-ring (bicyclic) bond motifs is 5. The van der Waals surface area contributed by atoms with E-state index in [1.807, 2.05) is 11.9 Å². The van der Waals surface area contributed by atoms with E-state index in [1.54, 1.807) is 0 Å². The van der Waals surface area contributed by atoms with Crippen LogP contribution in [0.5, 0.6) is 0 Å². The molecule has 1 heterocycles. The Kier molecular flexibility index (Phi) is 5.12. The quantitative estimate of drug-likeness (QED) is 0.578. The smallest absolute Gasteiger partial charge is 0.259 e. The Morgan fingerprint density at radius 1 is 1.18 bits per heavy atom. The molecule has 0 bridgehead atoms. The SMILES string of the molecule is CCCCNC(=O)C1=C[C@@]2(C)C(CC[C@@H]3[C@H]2CC[C@]2(C)CCC[C@@H]32)N(C)C1=O. The van der Waals surface area contributed by atoms with Crippen molar-refractivity contribution in [3.8, 4) is 0 Å². The van der Waals surface area contributed by atoms with E-state index in [-0.39, 0.29) is 23.3 Å². The van der Waals surface area contributed by atoms with Gasteiger partial charge in [-0.15, -0.1) is 0 Å². The van der Waals surface area contributed by atoms with Crippen molar-refractivity contribution in [1.29, 1.82) is 0 Å². The number of likely N-dealkylation sites (N-methyl/N-ethyl adjacent to an activating group) is 1. The van der Waals surface area contributed by atoms with Gasteiger partial charge in [0.2, 0.25) is 0 Å². The maximum atomic E-state index is 13.0. The molecule has 3 saturated carbocycles. The minimum atomic E-state index is -0.173. The maximum absolute atomic E-state index is 13.0. The molecule has 1 N–H and O–H groups in total. The molecule has 3 aliphatic carbocycles. The average molecular weight is 387 g/mol. The lowest BCUT2D eigenvalue weighted by atomic mass is 9.48. The van der Waals surface area contributed by atoms with Crippen molar-refractivity contribution in [3.63, 3.8) is 0 Å². The second-order valence-electron chi connectivity index (χ2n) is 10.5. The van der Waals surface area contributed by atoms with Gasteiger partial charge in [-0.1, -0.05) is 39.7 Å².